The molecule has 3 aromatic rings. The van der Waals surface area contributed by atoms with Crippen LogP contribution in [-0.4, -0.2) is 37.7 Å². The lowest BCUT2D eigenvalue weighted by molar-refractivity contribution is 0.269. The zero-order valence-electron chi connectivity index (χ0n) is 17.9. The predicted molar refractivity (Wildman–Crippen MR) is 121 cm³/mol. The Balaban J connectivity index is 1.43. The van der Waals surface area contributed by atoms with Crippen LogP contribution in [0.2, 0.25) is 0 Å². The van der Waals surface area contributed by atoms with E-state index in [0.717, 1.165) is 62.5 Å². The van der Waals surface area contributed by atoms with Gasteiger partial charge in [-0.1, -0.05) is 25.6 Å². The van der Waals surface area contributed by atoms with Gasteiger partial charge in [-0.05, 0) is 61.4 Å². The van der Waals surface area contributed by atoms with Gasteiger partial charge in [-0.15, -0.1) is 0 Å². The molecule has 1 aliphatic rings. The molecule has 0 atom stereocenters. The third-order valence-electron chi connectivity index (χ3n) is 5.76. The van der Waals surface area contributed by atoms with E-state index in [2.05, 4.69) is 45.6 Å². The Hall–Kier alpha value is -2.99. The Morgan fingerprint density at radius 1 is 1.17 bits per heavy atom. The molecule has 6 nitrogen and oxygen atoms in total. The molecule has 1 aliphatic carbocycles. The molecule has 0 fully saturated rings. The van der Waals surface area contributed by atoms with Crippen LogP contribution in [-0.2, 0) is 19.4 Å². The number of allylic oxidation sites excluding steroid dienone is 1. The molecule has 2 N–H and O–H groups in total. The van der Waals surface area contributed by atoms with Crippen molar-refractivity contribution in [1.29, 1.82) is 0 Å². The number of fused-ring (bicyclic) bond motifs is 1. The number of hydrogen-bond acceptors (Lipinski definition) is 5. The fourth-order valence-corrected chi connectivity index (χ4v) is 4.19. The molecule has 0 amide bonds. The van der Waals surface area contributed by atoms with Crippen LogP contribution >= 0.6 is 0 Å². The molecular formula is C24H30N6. The van der Waals surface area contributed by atoms with Crippen molar-refractivity contribution in [2.24, 2.45) is 0 Å². The normalized spacial score (nSPS) is 13.2. The van der Waals surface area contributed by atoms with Gasteiger partial charge in [0, 0.05) is 36.7 Å². The lowest BCUT2D eigenvalue weighted by Gasteiger charge is -2.22. The SMILES string of the molecule is C=C1CCc2c1ccc(CCN(CCC)Cc1cnn(-c3cncc(C)n3)c1)c2N. The Morgan fingerprint density at radius 3 is 2.83 bits per heavy atom. The second-order valence-electron chi connectivity index (χ2n) is 8.11. The first-order valence-corrected chi connectivity index (χ1v) is 10.7. The Morgan fingerprint density at radius 2 is 2.03 bits per heavy atom. The van der Waals surface area contributed by atoms with Crippen LogP contribution in [0.1, 0.15) is 47.7 Å². The summed E-state index contributed by atoms with van der Waals surface area (Å²) < 4.78 is 1.80. The molecule has 0 spiro atoms. The number of anilines is 1. The van der Waals surface area contributed by atoms with E-state index >= 15 is 0 Å². The largest absolute Gasteiger partial charge is 0.398 e. The van der Waals surface area contributed by atoms with Crippen molar-refractivity contribution in [2.45, 2.75) is 46.1 Å². The van der Waals surface area contributed by atoms with Gasteiger partial charge in [-0.2, -0.15) is 5.10 Å². The fraction of sp³-hybridized carbons (Fsp3) is 0.375. The van der Waals surface area contributed by atoms with Crippen LogP contribution < -0.4 is 5.73 Å². The average molecular weight is 403 g/mol. The minimum atomic E-state index is 0.746. The van der Waals surface area contributed by atoms with Crippen molar-refractivity contribution in [1.82, 2.24) is 24.6 Å². The van der Waals surface area contributed by atoms with Crippen molar-refractivity contribution < 1.29 is 0 Å². The van der Waals surface area contributed by atoms with Crippen molar-refractivity contribution in [3.05, 3.63) is 71.4 Å². The van der Waals surface area contributed by atoms with Crippen LogP contribution in [0.4, 0.5) is 5.69 Å². The van der Waals surface area contributed by atoms with Gasteiger partial charge in [0.05, 0.1) is 18.1 Å². The Labute approximate surface area is 178 Å². The molecule has 0 unspecified atom stereocenters. The summed E-state index contributed by atoms with van der Waals surface area (Å²) in [7, 11) is 0. The lowest BCUT2D eigenvalue weighted by Crippen LogP contribution is -2.26. The van der Waals surface area contributed by atoms with E-state index in [1.807, 2.05) is 19.3 Å². The fourth-order valence-electron chi connectivity index (χ4n) is 4.19. The highest BCUT2D eigenvalue weighted by Gasteiger charge is 2.19. The first-order chi connectivity index (χ1) is 14.5. The van der Waals surface area contributed by atoms with E-state index < -0.39 is 0 Å². The van der Waals surface area contributed by atoms with Gasteiger partial charge in [-0.3, -0.25) is 9.88 Å². The summed E-state index contributed by atoms with van der Waals surface area (Å²) in [5.74, 6) is 0.746. The van der Waals surface area contributed by atoms with E-state index in [9.17, 15) is 0 Å². The van der Waals surface area contributed by atoms with Gasteiger partial charge in [0.2, 0.25) is 0 Å². The van der Waals surface area contributed by atoms with E-state index in [-0.39, 0.29) is 0 Å². The molecule has 6 heteroatoms. The van der Waals surface area contributed by atoms with Gasteiger partial charge in [-0.25, -0.2) is 9.67 Å². The third-order valence-corrected chi connectivity index (χ3v) is 5.76. The van der Waals surface area contributed by atoms with Crippen LogP contribution in [0.25, 0.3) is 11.4 Å². The van der Waals surface area contributed by atoms with E-state index in [1.54, 1.807) is 17.1 Å². The summed E-state index contributed by atoms with van der Waals surface area (Å²) in [6.45, 7) is 11.2. The minimum absolute atomic E-state index is 0.746. The predicted octanol–water partition coefficient (Wildman–Crippen LogP) is 3.97. The van der Waals surface area contributed by atoms with Crippen molar-refractivity contribution in [3.63, 3.8) is 0 Å². The van der Waals surface area contributed by atoms with Gasteiger partial charge < -0.3 is 5.73 Å². The summed E-state index contributed by atoms with van der Waals surface area (Å²) in [6.07, 6.45) is 11.5. The molecule has 1 aromatic carbocycles. The molecule has 0 aliphatic heterocycles. The molecule has 4 rings (SSSR count). The molecule has 30 heavy (non-hydrogen) atoms. The third kappa shape index (κ3) is 4.28. The van der Waals surface area contributed by atoms with Crippen LogP contribution in [0.5, 0.6) is 0 Å². The number of nitrogen functional groups attached to an aromatic ring is 1. The quantitative estimate of drug-likeness (QED) is 0.577. The standard InChI is InChI=1S/C24H30N6/c1-4-10-29(11-9-20-6-8-21-17(2)5-7-22(21)24(20)25)15-19-13-27-30(16-19)23-14-26-12-18(3)28-23/h6,8,12-14,16H,2,4-5,7,9-11,15,25H2,1,3H3. The number of rotatable bonds is 8. The van der Waals surface area contributed by atoms with Crippen molar-refractivity contribution >= 4 is 11.3 Å². The number of nitrogens with zero attached hydrogens (tertiary/aromatic N) is 5. The van der Waals surface area contributed by atoms with E-state index in [0.29, 0.717) is 0 Å². The van der Waals surface area contributed by atoms with Gasteiger partial charge in [0.1, 0.15) is 0 Å². The second-order valence-corrected chi connectivity index (χ2v) is 8.11. The maximum atomic E-state index is 6.50. The topological polar surface area (TPSA) is 72.9 Å². The molecule has 0 saturated heterocycles. The molecule has 0 bridgehead atoms. The number of nitrogens with two attached hydrogens (primary N) is 1. The highest BCUT2D eigenvalue weighted by molar-refractivity contribution is 5.77. The van der Waals surface area contributed by atoms with Crippen LogP contribution in [0.3, 0.4) is 0 Å². The first kappa shape index (κ1) is 20.3. The highest BCUT2D eigenvalue weighted by atomic mass is 15.3. The molecule has 156 valence electrons. The smallest absolute Gasteiger partial charge is 0.172 e. The summed E-state index contributed by atoms with van der Waals surface area (Å²) >= 11 is 0. The maximum absolute atomic E-state index is 6.50. The highest BCUT2D eigenvalue weighted by Crippen LogP contribution is 2.36. The molecule has 0 radical (unpaired) electrons. The summed E-state index contributed by atoms with van der Waals surface area (Å²) in [6, 6.07) is 4.39. The molecule has 2 heterocycles. The summed E-state index contributed by atoms with van der Waals surface area (Å²) in [5.41, 5.74) is 14.5. The number of benzene rings is 1. The molecule has 2 aromatic heterocycles. The second kappa shape index (κ2) is 8.79. The maximum Gasteiger partial charge on any atom is 0.172 e. The monoisotopic (exact) mass is 402 g/mol. The summed E-state index contributed by atoms with van der Waals surface area (Å²) in [4.78, 5) is 11.2. The van der Waals surface area contributed by atoms with E-state index in [4.69, 9.17) is 5.73 Å². The average Bonchev–Trinajstić information content (AvgIpc) is 3.35. The van der Waals surface area contributed by atoms with Crippen LogP contribution in [0, 0.1) is 6.92 Å². The van der Waals surface area contributed by atoms with Crippen molar-refractivity contribution in [3.8, 4) is 5.82 Å². The molecular weight excluding hydrogens is 372 g/mol. The minimum Gasteiger partial charge on any atom is -0.398 e. The van der Waals surface area contributed by atoms with Crippen molar-refractivity contribution in [2.75, 3.05) is 18.8 Å². The Kier molecular flexibility index (Phi) is 5.95. The van der Waals surface area contributed by atoms with Gasteiger partial charge in [0.25, 0.3) is 0 Å². The zero-order chi connectivity index (χ0) is 21.1. The molecule has 0 saturated carbocycles. The number of hydrogen-bond donors (Lipinski definition) is 1. The van der Waals surface area contributed by atoms with Gasteiger partial charge in [0.15, 0.2) is 5.82 Å². The van der Waals surface area contributed by atoms with E-state index in [1.165, 1.54) is 27.8 Å². The summed E-state index contributed by atoms with van der Waals surface area (Å²) in [5, 5.41) is 4.48. The number of aromatic nitrogens is 4. The number of aryl methyl sites for hydroxylation is 1. The zero-order valence-corrected chi connectivity index (χ0v) is 17.9. The first-order valence-electron chi connectivity index (χ1n) is 10.7. The Bertz CT molecular complexity index is 1050. The van der Waals surface area contributed by atoms with Crippen LogP contribution in [0.15, 0.2) is 43.5 Å². The van der Waals surface area contributed by atoms with Gasteiger partial charge >= 0.3 is 0 Å². The lowest BCUT2D eigenvalue weighted by atomic mass is 10.00.